The number of anilines is 1. The molecule has 0 aliphatic carbocycles. The van der Waals surface area contributed by atoms with Crippen LogP contribution in [0.1, 0.15) is 24.8 Å². The van der Waals surface area contributed by atoms with E-state index in [4.69, 9.17) is 6.42 Å². The van der Waals surface area contributed by atoms with E-state index in [2.05, 4.69) is 49.7 Å². The largest absolute Gasteiger partial charge is 0.334 e. The highest BCUT2D eigenvalue weighted by atomic mass is 79.9. The first-order chi connectivity index (χ1) is 13.4. The first-order valence-electron chi connectivity index (χ1n) is 9.14. The van der Waals surface area contributed by atoms with Gasteiger partial charge in [-0.05, 0) is 39.4 Å². The zero-order valence-corrected chi connectivity index (χ0v) is 19.7. The number of rotatable bonds is 5. The van der Waals surface area contributed by atoms with Gasteiger partial charge < -0.3 is 9.80 Å². The van der Waals surface area contributed by atoms with Crippen molar-refractivity contribution in [3.8, 4) is 12.3 Å². The quantitative estimate of drug-likeness (QED) is 0.191. The van der Waals surface area contributed by atoms with Crippen LogP contribution >= 0.6 is 31.9 Å². The van der Waals surface area contributed by atoms with E-state index in [9.17, 15) is 14.3 Å². The van der Waals surface area contributed by atoms with Gasteiger partial charge in [0.1, 0.15) is 0 Å². The summed E-state index contributed by atoms with van der Waals surface area (Å²) in [6.07, 6.45) is 8.29. The molecule has 2 atom stereocenters. The Morgan fingerprint density at radius 2 is 2.11 bits per heavy atom. The van der Waals surface area contributed by atoms with Crippen molar-refractivity contribution in [2.24, 2.45) is 0 Å². The lowest BCUT2D eigenvalue weighted by atomic mass is 10.1. The van der Waals surface area contributed by atoms with E-state index in [-0.39, 0.29) is 10.9 Å². The first-order valence-corrected chi connectivity index (χ1v) is 13.0. The summed E-state index contributed by atoms with van der Waals surface area (Å²) in [7, 11) is -0.589. The SMILES string of the molecule is C#Cc1cc([N+](=O)[O-])cc2c1N(CCBr)C(CBr)=S2(=O)C1CCCN(C)CC1. The van der Waals surface area contributed by atoms with E-state index in [1.54, 1.807) is 0 Å². The van der Waals surface area contributed by atoms with E-state index in [0.717, 1.165) is 37.3 Å². The van der Waals surface area contributed by atoms with Gasteiger partial charge in [0.25, 0.3) is 5.69 Å². The lowest BCUT2D eigenvalue weighted by molar-refractivity contribution is -0.385. The van der Waals surface area contributed by atoms with E-state index in [1.807, 2.05) is 4.90 Å². The maximum Gasteiger partial charge on any atom is 0.272 e. The van der Waals surface area contributed by atoms with E-state index in [1.165, 1.54) is 12.1 Å². The highest BCUT2D eigenvalue weighted by molar-refractivity contribution is 9.09. The highest BCUT2D eigenvalue weighted by Gasteiger charge is 2.41. The number of alkyl halides is 2. The molecule has 1 saturated heterocycles. The molecule has 0 N–H and O–H groups in total. The highest BCUT2D eigenvalue weighted by Crippen LogP contribution is 2.43. The van der Waals surface area contributed by atoms with Crippen molar-refractivity contribution in [1.82, 2.24) is 4.90 Å². The van der Waals surface area contributed by atoms with Crippen LogP contribution in [-0.4, -0.2) is 61.6 Å². The van der Waals surface area contributed by atoms with Crippen molar-refractivity contribution < 1.29 is 9.13 Å². The summed E-state index contributed by atoms with van der Waals surface area (Å²) >= 11 is 7.02. The molecule has 2 unspecified atom stereocenters. The number of halogens is 2. The standard InChI is InChI=1S/C19H23Br2N3O3S/c1-3-14-11-15(24(25)26)12-17-19(14)23(10-7-20)18(13-21)28(17,27)16-5-4-8-22(2)9-6-16/h1,11-12,16H,4-10,13H2,2H3. The second-order valence-corrected chi connectivity index (χ2v) is 11.2. The van der Waals surface area contributed by atoms with Gasteiger partial charge in [-0.3, -0.25) is 14.3 Å². The van der Waals surface area contributed by atoms with Crippen LogP contribution in [0.3, 0.4) is 0 Å². The Labute approximate surface area is 183 Å². The van der Waals surface area contributed by atoms with Gasteiger partial charge in [0.2, 0.25) is 0 Å². The van der Waals surface area contributed by atoms with Crippen LogP contribution in [0.5, 0.6) is 0 Å². The average molecular weight is 533 g/mol. The summed E-state index contributed by atoms with van der Waals surface area (Å²) < 4.78 is 14.7. The Hall–Kier alpha value is -1.08. The molecule has 0 radical (unpaired) electrons. The predicted octanol–water partition coefficient (Wildman–Crippen LogP) is 3.44. The molecule has 1 aromatic carbocycles. The van der Waals surface area contributed by atoms with Crippen LogP contribution in [0.4, 0.5) is 11.4 Å². The molecule has 1 fully saturated rings. The third-order valence-corrected chi connectivity index (χ3v) is 10.2. The Morgan fingerprint density at radius 1 is 1.36 bits per heavy atom. The number of non-ortho nitro benzene ring substituents is 1. The number of nitrogens with zero attached hydrogens (tertiary/aromatic N) is 3. The summed E-state index contributed by atoms with van der Waals surface area (Å²) in [5.74, 6) is 2.59. The van der Waals surface area contributed by atoms with Crippen molar-refractivity contribution in [1.29, 1.82) is 0 Å². The van der Waals surface area contributed by atoms with Gasteiger partial charge in [-0.15, -0.1) is 6.42 Å². The number of hydrogen-bond donors (Lipinski definition) is 0. The van der Waals surface area contributed by atoms with Crippen molar-refractivity contribution in [3.05, 3.63) is 27.8 Å². The molecule has 0 bridgehead atoms. The van der Waals surface area contributed by atoms with E-state index >= 15 is 0 Å². The van der Waals surface area contributed by atoms with Crippen molar-refractivity contribution in [2.75, 3.05) is 42.2 Å². The van der Waals surface area contributed by atoms with Crippen LogP contribution < -0.4 is 4.90 Å². The molecule has 2 aliphatic rings. The summed E-state index contributed by atoms with van der Waals surface area (Å²) in [5.41, 5.74) is 1.03. The molecule has 1 aromatic rings. The van der Waals surface area contributed by atoms with Gasteiger partial charge in [-0.1, -0.05) is 37.8 Å². The molecule has 152 valence electrons. The molecule has 9 heteroatoms. The molecule has 3 rings (SSSR count). The molecule has 2 heterocycles. The summed E-state index contributed by atoms with van der Waals surface area (Å²) in [5, 5.41) is 12.6. The maximum absolute atomic E-state index is 14.7. The third kappa shape index (κ3) is 3.60. The van der Waals surface area contributed by atoms with Gasteiger partial charge in [0, 0.05) is 38.8 Å². The van der Waals surface area contributed by atoms with Crippen LogP contribution in [0.15, 0.2) is 17.0 Å². The third-order valence-electron chi connectivity index (χ3n) is 5.46. The molecule has 0 saturated carbocycles. The number of hydrogen-bond acceptors (Lipinski definition) is 5. The fraction of sp³-hybridized carbons (Fsp3) is 0.526. The topological polar surface area (TPSA) is 66.7 Å². The number of likely N-dealkylation sites (tertiary alicyclic amines) is 1. The molecule has 28 heavy (non-hydrogen) atoms. The number of nitro benzene ring substituents is 1. The van der Waals surface area contributed by atoms with Crippen LogP contribution in [0.25, 0.3) is 0 Å². The minimum absolute atomic E-state index is 0.0586. The zero-order chi connectivity index (χ0) is 20.5. The number of benzene rings is 1. The van der Waals surface area contributed by atoms with Gasteiger partial charge in [-0.25, -0.2) is 0 Å². The monoisotopic (exact) mass is 531 g/mol. The smallest absolute Gasteiger partial charge is 0.272 e. The fourth-order valence-electron chi connectivity index (χ4n) is 4.12. The van der Waals surface area contributed by atoms with Crippen molar-refractivity contribution in [2.45, 2.75) is 29.4 Å². The number of nitro groups is 1. The van der Waals surface area contributed by atoms with Crippen molar-refractivity contribution in [3.63, 3.8) is 0 Å². The molecular formula is C19H23Br2N3O3S. The Bertz CT molecular complexity index is 950. The van der Waals surface area contributed by atoms with Crippen LogP contribution in [0, 0.1) is 22.5 Å². The van der Waals surface area contributed by atoms with Crippen molar-refractivity contribution >= 4 is 57.7 Å². The summed E-state index contributed by atoms with van der Waals surface area (Å²) in [6, 6.07) is 2.90. The number of terminal acetylenes is 1. The average Bonchev–Trinajstić information content (AvgIpc) is 2.79. The number of fused-ring (bicyclic) bond motifs is 1. The van der Waals surface area contributed by atoms with Crippen LogP contribution in [0.2, 0.25) is 0 Å². The van der Waals surface area contributed by atoms with Gasteiger partial charge in [0.15, 0.2) is 0 Å². The van der Waals surface area contributed by atoms with Gasteiger partial charge in [-0.2, -0.15) is 0 Å². The first kappa shape index (κ1) is 21.6. The fourth-order valence-corrected chi connectivity index (χ4v) is 9.21. The normalized spacial score (nSPS) is 25.3. The Balaban J connectivity index is 2.30. The molecule has 0 amide bonds. The molecule has 6 nitrogen and oxygen atoms in total. The molecule has 0 spiro atoms. The predicted molar refractivity (Wildman–Crippen MR) is 123 cm³/mol. The van der Waals surface area contributed by atoms with Gasteiger partial charge in [0.05, 0.1) is 31.4 Å². The molecular weight excluding hydrogens is 510 g/mol. The van der Waals surface area contributed by atoms with Gasteiger partial charge >= 0.3 is 0 Å². The van der Waals surface area contributed by atoms with E-state index in [0.29, 0.717) is 33.4 Å². The van der Waals surface area contributed by atoms with Crippen LogP contribution in [-0.2, 0) is 9.52 Å². The second-order valence-electron chi connectivity index (χ2n) is 7.07. The Kier molecular flexibility index (Phi) is 6.75. The lowest BCUT2D eigenvalue weighted by Gasteiger charge is -2.23. The van der Waals surface area contributed by atoms with E-state index < -0.39 is 14.4 Å². The second kappa shape index (κ2) is 8.74. The Morgan fingerprint density at radius 3 is 2.71 bits per heavy atom. The zero-order valence-electron chi connectivity index (χ0n) is 15.7. The summed E-state index contributed by atoms with van der Waals surface area (Å²) in [4.78, 5) is 16.6. The minimum atomic E-state index is -2.66. The summed E-state index contributed by atoms with van der Waals surface area (Å²) in [6.45, 7) is 2.43. The maximum atomic E-state index is 14.7. The minimum Gasteiger partial charge on any atom is -0.334 e. The molecule has 2 aliphatic heterocycles. The lowest BCUT2D eigenvalue weighted by Crippen LogP contribution is -2.37. The molecule has 0 aromatic heterocycles.